The Balaban J connectivity index is 1.54. The second-order valence-corrected chi connectivity index (χ2v) is 6.51. The van der Waals surface area contributed by atoms with Gasteiger partial charge in [0.25, 0.3) is 5.91 Å². The topological polar surface area (TPSA) is 61.9 Å². The minimum Gasteiger partial charge on any atom is -0.368 e. The summed E-state index contributed by atoms with van der Waals surface area (Å²) in [6.07, 6.45) is 1.49. The Bertz CT molecular complexity index is 598. The summed E-state index contributed by atoms with van der Waals surface area (Å²) < 4.78 is 5.46. The Morgan fingerprint density at radius 3 is 2.29 bits per heavy atom. The summed E-state index contributed by atoms with van der Waals surface area (Å²) in [5.41, 5.74) is 2.98. The minimum absolute atomic E-state index is 0.0716. The fourth-order valence-electron chi connectivity index (χ4n) is 3.30. The number of hydrogen-bond acceptors (Lipinski definition) is 3. The van der Waals surface area contributed by atoms with Crippen molar-refractivity contribution in [2.24, 2.45) is 0 Å². The van der Waals surface area contributed by atoms with Crippen LogP contribution in [0.4, 0.5) is 10.5 Å². The standard InChI is InChI=1S/C18H25N3O3/c1-13-5-3-6-14(2)16(13)19-18(23)21-10-8-20(9-11-21)17(22)15-7-4-12-24-15/h3,5-6,15H,4,7-12H2,1-2H3,(H,19,23). The van der Waals surface area contributed by atoms with E-state index in [-0.39, 0.29) is 18.0 Å². The Labute approximate surface area is 142 Å². The molecule has 0 spiro atoms. The molecule has 2 aliphatic rings. The van der Waals surface area contributed by atoms with Gasteiger partial charge in [-0.2, -0.15) is 0 Å². The van der Waals surface area contributed by atoms with Gasteiger partial charge in [0.1, 0.15) is 6.10 Å². The Kier molecular flexibility index (Phi) is 5.04. The average molecular weight is 331 g/mol. The lowest BCUT2D eigenvalue weighted by Gasteiger charge is -2.35. The molecule has 6 nitrogen and oxygen atoms in total. The van der Waals surface area contributed by atoms with Crippen LogP contribution in [0.1, 0.15) is 24.0 Å². The quantitative estimate of drug-likeness (QED) is 0.903. The van der Waals surface area contributed by atoms with E-state index in [0.29, 0.717) is 32.8 Å². The van der Waals surface area contributed by atoms with E-state index in [1.807, 2.05) is 36.9 Å². The van der Waals surface area contributed by atoms with Crippen molar-refractivity contribution in [2.75, 3.05) is 38.1 Å². The number of aryl methyl sites for hydroxylation is 2. The highest BCUT2D eigenvalue weighted by Crippen LogP contribution is 2.20. The number of ether oxygens (including phenoxy) is 1. The fourth-order valence-corrected chi connectivity index (χ4v) is 3.30. The number of carbonyl (C=O) groups is 2. The molecular weight excluding hydrogens is 306 g/mol. The lowest BCUT2D eigenvalue weighted by atomic mass is 10.1. The van der Waals surface area contributed by atoms with Gasteiger partial charge in [-0.1, -0.05) is 18.2 Å². The molecule has 0 bridgehead atoms. The van der Waals surface area contributed by atoms with E-state index in [1.165, 1.54) is 0 Å². The van der Waals surface area contributed by atoms with E-state index in [2.05, 4.69) is 5.32 Å². The number of rotatable bonds is 2. The van der Waals surface area contributed by atoms with Crippen LogP contribution < -0.4 is 5.32 Å². The molecule has 1 aromatic rings. The van der Waals surface area contributed by atoms with Crippen molar-refractivity contribution in [3.05, 3.63) is 29.3 Å². The average Bonchev–Trinajstić information content (AvgIpc) is 3.12. The van der Waals surface area contributed by atoms with Crippen LogP contribution in [0.3, 0.4) is 0 Å². The molecule has 2 heterocycles. The maximum atomic E-state index is 12.5. The predicted molar refractivity (Wildman–Crippen MR) is 92.1 cm³/mol. The monoisotopic (exact) mass is 331 g/mol. The highest BCUT2D eigenvalue weighted by atomic mass is 16.5. The maximum absolute atomic E-state index is 12.5. The number of urea groups is 1. The van der Waals surface area contributed by atoms with Gasteiger partial charge in [-0.25, -0.2) is 4.79 Å². The third-order valence-corrected chi connectivity index (χ3v) is 4.80. The highest BCUT2D eigenvalue weighted by Gasteiger charge is 2.31. The summed E-state index contributed by atoms with van der Waals surface area (Å²) in [5, 5.41) is 3.01. The first-order valence-electron chi connectivity index (χ1n) is 8.59. The molecule has 1 aromatic carbocycles. The molecule has 24 heavy (non-hydrogen) atoms. The van der Waals surface area contributed by atoms with Crippen molar-refractivity contribution in [2.45, 2.75) is 32.8 Å². The predicted octanol–water partition coefficient (Wildman–Crippen LogP) is 2.16. The molecule has 3 amide bonds. The first-order valence-corrected chi connectivity index (χ1v) is 8.59. The zero-order valence-electron chi connectivity index (χ0n) is 14.4. The van der Waals surface area contributed by atoms with Crippen molar-refractivity contribution in [1.29, 1.82) is 0 Å². The van der Waals surface area contributed by atoms with Crippen molar-refractivity contribution < 1.29 is 14.3 Å². The van der Waals surface area contributed by atoms with Crippen LogP contribution in [-0.4, -0.2) is 60.6 Å². The zero-order chi connectivity index (χ0) is 17.1. The number of para-hydroxylation sites is 1. The van der Waals surface area contributed by atoms with Crippen molar-refractivity contribution in [3.8, 4) is 0 Å². The second kappa shape index (κ2) is 7.21. The Hall–Kier alpha value is -2.08. The molecule has 0 radical (unpaired) electrons. The molecular formula is C18H25N3O3. The molecule has 1 unspecified atom stereocenters. The second-order valence-electron chi connectivity index (χ2n) is 6.51. The van der Waals surface area contributed by atoms with E-state index >= 15 is 0 Å². The Morgan fingerprint density at radius 1 is 1.08 bits per heavy atom. The fraction of sp³-hybridized carbons (Fsp3) is 0.556. The van der Waals surface area contributed by atoms with Crippen molar-refractivity contribution >= 4 is 17.6 Å². The minimum atomic E-state index is -0.278. The summed E-state index contributed by atoms with van der Waals surface area (Å²) in [6, 6.07) is 5.86. The molecule has 1 atom stereocenters. The molecule has 0 aromatic heterocycles. The van der Waals surface area contributed by atoms with E-state index < -0.39 is 0 Å². The zero-order valence-corrected chi connectivity index (χ0v) is 14.4. The van der Waals surface area contributed by atoms with Gasteiger partial charge in [0, 0.05) is 38.5 Å². The summed E-state index contributed by atoms with van der Waals surface area (Å²) in [6.45, 7) is 6.89. The van der Waals surface area contributed by atoms with Gasteiger partial charge in [0.05, 0.1) is 0 Å². The molecule has 0 saturated carbocycles. The van der Waals surface area contributed by atoms with E-state index in [4.69, 9.17) is 4.74 Å². The largest absolute Gasteiger partial charge is 0.368 e. The highest BCUT2D eigenvalue weighted by molar-refractivity contribution is 5.91. The van der Waals surface area contributed by atoms with Gasteiger partial charge >= 0.3 is 6.03 Å². The van der Waals surface area contributed by atoms with Gasteiger partial charge in [0.2, 0.25) is 0 Å². The van der Waals surface area contributed by atoms with Crippen LogP contribution in [0.2, 0.25) is 0 Å². The third-order valence-electron chi connectivity index (χ3n) is 4.80. The molecule has 6 heteroatoms. The van der Waals surface area contributed by atoms with Crippen LogP contribution in [-0.2, 0) is 9.53 Å². The smallest absolute Gasteiger partial charge is 0.321 e. The first-order chi connectivity index (χ1) is 11.6. The summed E-state index contributed by atoms with van der Waals surface area (Å²) in [7, 11) is 0. The molecule has 3 rings (SSSR count). The van der Waals surface area contributed by atoms with Gasteiger partial charge < -0.3 is 19.9 Å². The normalized spacial score (nSPS) is 21.0. The number of nitrogens with zero attached hydrogens (tertiary/aromatic N) is 2. The number of carbonyl (C=O) groups excluding carboxylic acids is 2. The number of piperazine rings is 1. The molecule has 2 aliphatic heterocycles. The third kappa shape index (κ3) is 3.53. The lowest BCUT2D eigenvalue weighted by Crippen LogP contribution is -2.53. The van der Waals surface area contributed by atoms with Crippen LogP contribution in [0, 0.1) is 13.8 Å². The van der Waals surface area contributed by atoms with Crippen molar-refractivity contribution in [3.63, 3.8) is 0 Å². The van der Waals surface area contributed by atoms with Gasteiger partial charge in [-0.3, -0.25) is 4.79 Å². The number of benzene rings is 1. The van der Waals surface area contributed by atoms with Crippen molar-refractivity contribution in [1.82, 2.24) is 9.80 Å². The molecule has 2 fully saturated rings. The SMILES string of the molecule is Cc1cccc(C)c1NC(=O)N1CCN(C(=O)C2CCCO2)CC1. The number of amides is 3. The van der Waals surface area contributed by atoms with Gasteiger partial charge in [0.15, 0.2) is 0 Å². The molecule has 130 valence electrons. The van der Waals surface area contributed by atoms with E-state index in [0.717, 1.165) is 29.7 Å². The lowest BCUT2D eigenvalue weighted by molar-refractivity contribution is -0.142. The van der Waals surface area contributed by atoms with Crippen LogP contribution in [0.25, 0.3) is 0 Å². The summed E-state index contributed by atoms with van der Waals surface area (Å²) >= 11 is 0. The number of nitrogens with one attached hydrogen (secondary N) is 1. The van der Waals surface area contributed by atoms with Gasteiger partial charge in [-0.05, 0) is 37.8 Å². The van der Waals surface area contributed by atoms with E-state index in [9.17, 15) is 9.59 Å². The first kappa shape index (κ1) is 16.8. The van der Waals surface area contributed by atoms with Crippen LogP contribution >= 0.6 is 0 Å². The number of anilines is 1. The maximum Gasteiger partial charge on any atom is 0.321 e. The van der Waals surface area contributed by atoms with E-state index in [1.54, 1.807) is 4.90 Å². The summed E-state index contributed by atoms with van der Waals surface area (Å²) in [4.78, 5) is 28.4. The van der Waals surface area contributed by atoms with Crippen LogP contribution in [0.15, 0.2) is 18.2 Å². The molecule has 1 N–H and O–H groups in total. The van der Waals surface area contributed by atoms with Crippen LogP contribution in [0.5, 0.6) is 0 Å². The molecule has 0 aliphatic carbocycles. The number of hydrogen-bond donors (Lipinski definition) is 1. The Morgan fingerprint density at radius 2 is 1.71 bits per heavy atom. The molecule has 2 saturated heterocycles. The van der Waals surface area contributed by atoms with Gasteiger partial charge in [-0.15, -0.1) is 0 Å². The summed E-state index contributed by atoms with van der Waals surface area (Å²) in [5.74, 6) is 0.0716.